The van der Waals surface area contributed by atoms with Crippen molar-refractivity contribution in [1.29, 1.82) is 0 Å². The summed E-state index contributed by atoms with van der Waals surface area (Å²) in [5.41, 5.74) is 1.42. The molecule has 0 aliphatic heterocycles. The fourth-order valence-electron chi connectivity index (χ4n) is 2.29. The molecule has 126 valence electrons. The van der Waals surface area contributed by atoms with Crippen molar-refractivity contribution in [3.63, 3.8) is 0 Å². The van der Waals surface area contributed by atoms with E-state index in [9.17, 15) is 9.59 Å². The monoisotopic (exact) mass is 325 g/mol. The van der Waals surface area contributed by atoms with Gasteiger partial charge in [0.15, 0.2) is 5.78 Å². The summed E-state index contributed by atoms with van der Waals surface area (Å²) in [7, 11) is 0. The lowest BCUT2D eigenvalue weighted by atomic mass is 10.1. The zero-order chi connectivity index (χ0) is 17.4. The molecule has 2 aromatic rings. The molecule has 0 aliphatic carbocycles. The Morgan fingerprint density at radius 1 is 0.958 bits per heavy atom. The number of ketones is 1. The van der Waals surface area contributed by atoms with Crippen LogP contribution in [0.5, 0.6) is 5.75 Å². The smallest absolute Gasteiger partial charge is 0.224 e. The second-order valence-electron chi connectivity index (χ2n) is 5.88. The Labute approximate surface area is 142 Å². The van der Waals surface area contributed by atoms with Crippen molar-refractivity contribution in [2.75, 3.05) is 5.32 Å². The third kappa shape index (κ3) is 5.88. The number of carbonyl (C=O) groups is 2. The van der Waals surface area contributed by atoms with E-state index in [1.807, 2.05) is 56.3 Å². The van der Waals surface area contributed by atoms with Gasteiger partial charge < -0.3 is 10.1 Å². The van der Waals surface area contributed by atoms with E-state index in [1.54, 1.807) is 12.1 Å². The van der Waals surface area contributed by atoms with E-state index in [1.165, 1.54) is 0 Å². The second-order valence-corrected chi connectivity index (χ2v) is 5.88. The van der Waals surface area contributed by atoms with Gasteiger partial charge in [0.05, 0.1) is 6.10 Å². The maximum Gasteiger partial charge on any atom is 0.224 e. The number of nitrogens with one attached hydrogen (secondary N) is 1. The summed E-state index contributed by atoms with van der Waals surface area (Å²) in [6, 6.07) is 16.4. The first-order valence-electron chi connectivity index (χ1n) is 8.19. The largest absolute Gasteiger partial charge is 0.491 e. The third-order valence-corrected chi connectivity index (χ3v) is 3.41. The Morgan fingerprint density at radius 2 is 1.62 bits per heavy atom. The highest BCUT2D eigenvalue weighted by Gasteiger charge is 2.08. The average molecular weight is 325 g/mol. The zero-order valence-corrected chi connectivity index (χ0v) is 14.1. The highest BCUT2D eigenvalue weighted by molar-refractivity contribution is 5.96. The molecule has 0 saturated carbocycles. The maximum atomic E-state index is 12.0. The lowest BCUT2D eigenvalue weighted by Gasteiger charge is -2.10. The van der Waals surface area contributed by atoms with E-state index in [-0.39, 0.29) is 17.8 Å². The van der Waals surface area contributed by atoms with Gasteiger partial charge in [-0.15, -0.1) is 0 Å². The number of ether oxygens (including phenoxy) is 1. The van der Waals surface area contributed by atoms with Crippen molar-refractivity contribution >= 4 is 17.4 Å². The molecule has 2 aromatic carbocycles. The number of benzene rings is 2. The number of hydrogen-bond donors (Lipinski definition) is 1. The van der Waals surface area contributed by atoms with E-state index in [0.29, 0.717) is 24.8 Å². The maximum absolute atomic E-state index is 12.0. The Balaban J connectivity index is 1.74. The Hall–Kier alpha value is -2.62. The molecule has 0 heterocycles. The number of Topliss-reactive ketones (excluding diaryl/α,β-unsaturated/α-hetero) is 1. The standard InChI is InChI=1S/C20H23NO3/c1-15(2)24-18-13-11-17(12-14-18)21-20(23)10-6-9-19(22)16-7-4-3-5-8-16/h3-5,7-8,11-15H,6,9-10H2,1-2H3,(H,21,23). The highest BCUT2D eigenvalue weighted by atomic mass is 16.5. The van der Waals surface area contributed by atoms with Crippen LogP contribution in [0.3, 0.4) is 0 Å². The van der Waals surface area contributed by atoms with Gasteiger partial charge in [0.2, 0.25) is 5.91 Å². The molecule has 1 amide bonds. The van der Waals surface area contributed by atoms with Crippen molar-refractivity contribution in [2.24, 2.45) is 0 Å². The van der Waals surface area contributed by atoms with E-state index in [0.717, 1.165) is 11.4 Å². The first-order chi connectivity index (χ1) is 11.5. The summed E-state index contributed by atoms with van der Waals surface area (Å²) in [6.45, 7) is 3.93. The van der Waals surface area contributed by atoms with Crippen molar-refractivity contribution < 1.29 is 14.3 Å². The number of hydrogen-bond acceptors (Lipinski definition) is 3. The van der Waals surface area contributed by atoms with Gasteiger partial charge in [-0.05, 0) is 44.5 Å². The van der Waals surface area contributed by atoms with Gasteiger partial charge in [0.1, 0.15) is 5.75 Å². The summed E-state index contributed by atoms with van der Waals surface area (Å²) >= 11 is 0. The normalized spacial score (nSPS) is 10.5. The predicted octanol–water partition coefficient (Wildman–Crippen LogP) is 4.47. The van der Waals surface area contributed by atoms with Gasteiger partial charge in [0, 0.05) is 24.1 Å². The second kappa shape index (κ2) is 8.87. The van der Waals surface area contributed by atoms with Crippen LogP contribution in [0.15, 0.2) is 54.6 Å². The fourth-order valence-corrected chi connectivity index (χ4v) is 2.29. The van der Waals surface area contributed by atoms with E-state index >= 15 is 0 Å². The molecule has 0 spiro atoms. The van der Waals surface area contributed by atoms with Crippen LogP contribution in [0.25, 0.3) is 0 Å². The van der Waals surface area contributed by atoms with Crippen molar-refractivity contribution in [3.05, 3.63) is 60.2 Å². The zero-order valence-electron chi connectivity index (χ0n) is 14.1. The van der Waals surface area contributed by atoms with Crippen molar-refractivity contribution in [1.82, 2.24) is 0 Å². The first kappa shape index (κ1) is 17.7. The number of amides is 1. The molecular weight excluding hydrogens is 302 g/mol. The van der Waals surface area contributed by atoms with E-state index in [2.05, 4.69) is 5.32 Å². The topological polar surface area (TPSA) is 55.4 Å². The molecule has 0 unspecified atom stereocenters. The molecular formula is C20H23NO3. The lowest BCUT2D eigenvalue weighted by molar-refractivity contribution is -0.116. The molecule has 1 N–H and O–H groups in total. The van der Waals surface area contributed by atoms with Crippen LogP contribution >= 0.6 is 0 Å². The molecule has 24 heavy (non-hydrogen) atoms. The molecule has 0 aliphatic rings. The summed E-state index contributed by atoms with van der Waals surface area (Å²) in [4.78, 5) is 23.9. The lowest BCUT2D eigenvalue weighted by Crippen LogP contribution is -2.12. The van der Waals surface area contributed by atoms with Gasteiger partial charge >= 0.3 is 0 Å². The minimum atomic E-state index is -0.0895. The molecule has 0 saturated heterocycles. The van der Waals surface area contributed by atoms with Gasteiger partial charge in [-0.3, -0.25) is 9.59 Å². The van der Waals surface area contributed by atoms with Crippen LogP contribution < -0.4 is 10.1 Å². The number of rotatable bonds is 8. The minimum absolute atomic E-state index is 0.0681. The van der Waals surface area contributed by atoms with Crippen LogP contribution in [0, 0.1) is 0 Å². The molecule has 0 fully saturated rings. The van der Waals surface area contributed by atoms with Gasteiger partial charge in [-0.25, -0.2) is 0 Å². The van der Waals surface area contributed by atoms with Crippen LogP contribution in [0.2, 0.25) is 0 Å². The molecule has 4 heteroatoms. The van der Waals surface area contributed by atoms with Crippen LogP contribution in [0.1, 0.15) is 43.5 Å². The third-order valence-electron chi connectivity index (χ3n) is 3.41. The Bertz CT molecular complexity index is 663. The van der Waals surface area contributed by atoms with Crippen LogP contribution in [-0.4, -0.2) is 17.8 Å². The molecule has 0 aromatic heterocycles. The van der Waals surface area contributed by atoms with Gasteiger partial charge in [0.25, 0.3) is 0 Å². The Morgan fingerprint density at radius 3 is 2.25 bits per heavy atom. The predicted molar refractivity (Wildman–Crippen MR) is 95.5 cm³/mol. The molecule has 2 rings (SSSR count). The molecule has 0 bridgehead atoms. The molecule has 4 nitrogen and oxygen atoms in total. The highest BCUT2D eigenvalue weighted by Crippen LogP contribution is 2.17. The van der Waals surface area contributed by atoms with Gasteiger partial charge in [-0.1, -0.05) is 30.3 Å². The molecule has 0 radical (unpaired) electrons. The summed E-state index contributed by atoms with van der Waals surface area (Å²) in [5, 5.41) is 2.83. The van der Waals surface area contributed by atoms with E-state index < -0.39 is 0 Å². The first-order valence-corrected chi connectivity index (χ1v) is 8.19. The minimum Gasteiger partial charge on any atom is -0.491 e. The van der Waals surface area contributed by atoms with Crippen LogP contribution in [-0.2, 0) is 4.79 Å². The van der Waals surface area contributed by atoms with Gasteiger partial charge in [-0.2, -0.15) is 0 Å². The number of carbonyl (C=O) groups excluding carboxylic acids is 2. The SMILES string of the molecule is CC(C)Oc1ccc(NC(=O)CCCC(=O)c2ccccc2)cc1. The fraction of sp³-hybridized carbons (Fsp3) is 0.300. The van der Waals surface area contributed by atoms with Crippen molar-refractivity contribution in [2.45, 2.75) is 39.2 Å². The van der Waals surface area contributed by atoms with E-state index in [4.69, 9.17) is 4.74 Å². The van der Waals surface area contributed by atoms with Crippen molar-refractivity contribution in [3.8, 4) is 5.75 Å². The summed E-state index contributed by atoms with van der Waals surface area (Å²) in [5.74, 6) is 0.753. The van der Waals surface area contributed by atoms with Crippen LogP contribution in [0.4, 0.5) is 5.69 Å². The average Bonchev–Trinajstić information content (AvgIpc) is 2.57. The Kier molecular flexibility index (Phi) is 6.55. The summed E-state index contributed by atoms with van der Waals surface area (Å²) < 4.78 is 5.56. The summed E-state index contributed by atoms with van der Waals surface area (Å²) in [6.07, 6.45) is 1.35. The quantitative estimate of drug-likeness (QED) is 0.729. The molecule has 0 atom stereocenters. The number of anilines is 1.